The van der Waals surface area contributed by atoms with Crippen molar-refractivity contribution in [1.82, 2.24) is 5.32 Å². The molecule has 0 aromatic heterocycles. The van der Waals surface area contributed by atoms with E-state index in [9.17, 15) is 13.2 Å². The molecule has 128 valence electrons. The number of hydrogen-bond donors (Lipinski definition) is 2. The predicted molar refractivity (Wildman–Crippen MR) is 93.2 cm³/mol. The normalized spacial score (nSPS) is 10.9. The Morgan fingerprint density at radius 3 is 2.29 bits per heavy atom. The molecule has 0 fully saturated rings. The van der Waals surface area contributed by atoms with Crippen molar-refractivity contribution >= 4 is 33.4 Å². The van der Waals surface area contributed by atoms with Crippen molar-refractivity contribution in [2.75, 3.05) is 17.7 Å². The first-order valence-corrected chi connectivity index (χ1v) is 9.07. The number of nitrogens with one attached hydrogen (secondary N) is 2. The molecular formula is C16H17ClN2O4S. The number of amides is 2. The van der Waals surface area contributed by atoms with Gasteiger partial charge in [-0.25, -0.2) is 4.79 Å². The fraction of sp³-hybridized carbons (Fsp3) is 0.188. The number of urea groups is 1. The zero-order valence-electron chi connectivity index (χ0n) is 13.0. The maximum Gasteiger partial charge on any atom is 0.339 e. The lowest BCUT2D eigenvalue weighted by Crippen LogP contribution is -2.30. The highest BCUT2D eigenvalue weighted by Crippen LogP contribution is 2.21. The molecule has 0 bridgehead atoms. The van der Waals surface area contributed by atoms with Crippen LogP contribution < -0.4 is 14.8 Å². The van der Waals surface area contributed by atoms with E-state index in [2.05, 4.69) is 10.6 Å². The first kappa shape index (κ1) is 18.1. The molecule has 0 aliphatic carbocycles. The molecule has 0 saturated carbocycles. The molecule has 2 aromatic rings. The van der Waals surface area contributed by atoms with E-state index < -0.39 is 16.1 Å². The summed E-state index contributed by atoms with van der Waals surface area (Å²) in [5.74, 6) is 0.471. The van der Waals surface area contributed by atoms with Crippen molar-refractivity contribution in [3.63, 3.8) is 0 Å². The molecule has 8 heteroatoms. The SMILES string of the molecule is Cc1ccc(S(=O)(=O)Oc2ccc(NC(=O)NCCCl)cc2)cc1. The van der Waals surface area contributed by atoms with E-state index in [4.69, 9.17) is 15.8 Å². The van der Waals surface area contributed by atoms with E-state index in [1.165, 1.54) is 24.3 Å². The molecule has 0 atom stereocenters. The van der Waals surface area contributed by atoms with Crippen LogP contribution in [-0.4, -0.2) is 26.9 Å². The van der Waals surface area contributed by atoms with Gasteiger partial charge >= 0.3 is 16.1 Å². The van der Waals surface area contributed by atoms with Crippen LogP contribution in [-0.2, 0) is 10.1 Å². The Morgan fingerprint density at radius 2 is 1.71 bits per heavy atom. The van der Waals surface area contributed by atoms with E-state index in [0.29, 0.717) is 18.1 Å². The molecule has 2 rings (SSSR count). The van der Waals surface area contributed by atoms with Gasteiger partial charge in [0.15, 0.2) is 0 Å². The van der Waals surface area contributed by atoms with Crippen LogP contribution in [0.1, 0.15) is 5.56 Å². The monoisotopic (exact) mass is 368 g/mol. The van der Waals surface area contributed by atoms with Crippen LogP contribution in [0.25, 0.3) is 0 Å². The minimum Gasteiger partial charge on any atom is -0.379 e. The topological polar surface area (TPSA) is 84.5 Å². The lowest BCUT2D eigenvalue weighted by Gasteiger charge is -2.09. The fourth-order valence-electron chi connectivity index (χ4n) is 1.81. The zero-order valence-corrected chi connectivity index (χ0v) is 14.5. The van der Waals surface area contributed by atoms with Crippen molar-refractivity contribution in [2.45, 2.75) is 11.8 Å². The molecule has 2 aromatic carbocycles. The number of alkyl halides is 1. The Hall–Kier alpha value is -2.25. The number of carbonyl (C=O) groups is 1. The number of hydrogen-bond acceptors (Lipinski definition) is 4. The van der Waals surface area contributed by atoms with Gasteiger partial charge in [0.25, 0.3) is 0 Å². The molecule has 24 heavy (non-hydrogen) atoms. The lowest BCUT2D eigenvalue weighted by molar-refractivity contribution is 0.252. The Bertz CT molecular complexity index is 790. The van der Waals surface area contributed by atoms with Gasteiger partial charge in [-0.3, -0.25) is 0 Å². The minimum absolute atomic E-state index is 0.0794. The molecular weight excluding hydrogens is 352 g/mol. The molecule has 0 aliphatic heterocycles. The summed E-state index contributed by atoms with van der Waals surface area (Å²) in [7, 11) is -3.89. The molecule has 0 aliphatic rings. The number of benzene rings is 2. The Kier molecular flexibility index (Phi) is 6.05. The van der Waals surface area contributed by atoms with Crippen LogP contribution >= 0.6 is 11.6 Å². The maximum atomic E-state index is 12.2. The summed E-state index contributed by atoms with van der Waals surface area (Å²) in [6.45, 7) is 2.22. The average Bonchev–Trinajstić information content (AvgIpc) is 2.55. The van der Waals surface area contributed by atoms with Crippen molar-refractivity contribution in [3.8, 4) is 5.75 Å². The lowest BCUT2D eigenvalue weighted by atomic mass is 10.2. The van der Waals surface area contributed by atoms with Crippen LogP contribution in [0.15, 0.2) is 53.4 Å². The highest BCUT2D eigenvalue weighted by atomic mass is 35.5. The third kappa shape index (κ3) is 5.14. The fourth-order valence-corrected chi connectivity index (χ4v) is 2.83. The van der Waals surface area contributed by atoms with Gasteiger partial charge in [-0.1, -0.05) is 17.7 Å². The van der Waals surface area contributed by atoms with Gasteiger partial charge in [-0.15, -0.1) is 11.6 Å². The molecule has 0 unspecified atom stereocenters. The molecule has 0 radical (unpaired) electrons. The highest BCUT2D eigenvalue weighted by Gasteiger charge is 2.16. The van der Waals surface area contributed by atoms with Crippen LogP contribution in [0.5, 0.6) is 5.75 Å². The summed E-state index contributed by atoms with van der Waals surface area (Å²) < 4.78 is 29.4. The summed E-state index contributed by atoms with van der Waals surface area (Å²) in [5.41, 5.74) is 1.46. The molecule has 2 N–H and O–H groups in total. The second kappa shape index (κ2) is 8.03. The second-order valence-corrected chi connectivity index (χ2v) is 6.87. The number of carbonyl (C=O) groups excluding carboxylic acids is 1. The van der Waals surface area contributed by atoms with Crippen molar-refractivity contribution < 1.29 is 17.4 Å². The number of rotatable bonds is 6. The molecule has 0 heterocycles. The summed E-state index contributed by atoms with van der Waals surface area (Å²) in [6.07, 6.45) is 0. The van der Waals surface area contributed by atoms with Crippen molar-refractivity contribution in [2.24, 2.45) is 0 Å². The van der Waals surface area contributed by atoms with Crippen molar-refractivity contribution in [1.29, 1.82) is 0 Å². The van der Waals surface area contributed by atoms with Crippen LogP contribution in [0.3, 0.4) is 0 Å². The Balaban J connectivity index is 2.03. The largest absolute Gasteiger partial charge is 0.379 e. The number of anilines is 1. The molecule has 0 spiro atoms. The van der Waals surface area contributed by atoms with Crippen LogP contribution in [0.2, 0.25) is 0 Å². The summed E-state index contributed by atoms with van der Waals surface area (Å²) in [4.78, 5) is 11.6. The van der Waals surface area contributed by atoms with Gasteiger partial charge in [0.05, 0.1) is 0 Å². The standard InChI is InChI=1S/C16H17ClN2O4S/c1-12-2-8-15(9-3-12)24(21,22)23-14-6-4-13(5-7-14)19-16(20)18-11-10-17/h2-9H,10-11H2,1H3,(H2,18,19,20). The van der Waals surface area contributed by atoms with E-state index >= 15 is 0 Å². The van der Waals surface area contributed by atoms with E-state index in [1.807, 2.05) is 6.92 Å². The first-order chi connectivity index (χ1) is 11.4. The smallest absolute Gasteiger partial charge is 0.339 e. The van der Waals surface area contributed by atoms with Crippen LogP contribution in [0, 0.1) is 6.92 Å². The van der Waals surface area contributed by atoms with Gasteiger partial charge in [0, 0.05) is 18.1 Å². The summed E-state index contributed by atoms with van der Waals surface area (Å²) in [5, 5.41) is 5.14. The third-order valence-electron chi connectivity index (χ3n) is 3.01. The summed E-state index contributed by atoms with van der Waals surface area (Å²) >= 11 is 5.47. The molecule has 0 saturated heterocycles. The maximum absolute atomic E-state index is 12.2. The van der Waals surface area contributed by atoms with E-state index in [0.717, 1.165) is 5.56 Å². The van der Waals surface area contributed by atoms with E-state index in [1.54, 1.807) is 24.3 Å². The average molecular weight is 369 g/mol. The van der Waals surface area contributed by atoms with Crippen molar-refractivity contribution in [3.05, 3.63) is 54.1 Å². The summed E-state index contributed by atoms with van der Waals surface area (Å²) in [6, 6.07) is 12.0. The number of halogens is 1. The Labute approximate surface area is 145 Å². The highest BCUT2D eigenvalue weighted by molar-refractivity contribution is 7.87. The second-order valence-electron chi connectivity index (χ2n) is 4.94. The third-order valence-corrected chi connectivity index (χ3v) is 4.46. The minimum atomic E-state index is -3.89. The zero-order chi connectivity index (χ0) is 17.6. The molecule has 2 amide bonds. The number of aryl methyl sites for hydroxylation is 1. The van der Waals surface area contributed by atoms with Gasteiger partial charge in [-0.2, -0.15) is 8.42 Å². The first-order valence-electron chi connectivity index (χ1n) is 7.13. The quantitative estimate of drug-likeness (QED) is 0.606. The van der Waals surface area contributed by atoms with Gasteiger partial charge in [0.1, 0.15) is 10.6 Å². The van der Waals surface area contributed by atoms with Crippen LogP contribution in [0.4, 0.5) is 10.5 Å². The van der Waals surface area contributed by atoms with Gasteiger partial charge in [0.2, 0.25) is 0 Å². The van der Waals surface area contributed by atoms with Gasteiger partial charge in [-0.05, 0) is 43.3 Å². The van der Waals surface area contributed by atoms with Gasteiger partial charge < -0.3 is 14.8 Å². The Morgan fingerprint density at radius 1 is 1.08 bits per heavy atom. The van der Waals surface area contributed by atoms with E-state index in [-0.39, 0.29) is 10.6 Å². The predicted octanol–water partition coefficient (Wildman–Crippen LogP) is 3.12. The molecule has 6 nitrogen and oxygen atoms in total.